The Bertz CT molecular complexity index is 600. The molecule has 2 N–H and O–H groups in total. The molecule has 2 aromatic rings. The molecule has 0 atom stereocenters. The second-order valence-electron chi connectivity index (χ2n) is 5.07. The van der Waals surface area contributed by atoms with Crippen LogP contribution >= 0.6 is 0 Å². The van der Waals surface area contributed by atoms with Crippen LogP contribution in [0.1, 0.15) is 25.1 Å². The van der Waals surface area contributed by atoms with Crippen LogP contribution in [0.15, 0.2) is 24.4 Å². The summed E-state index contributed by atoms with van der Waals surface area (Å²) in [5.41, 5.74) is 0.898. The van der Waals surface area contributed by atoms with Gasteiger partial charge in [-0.25, -0.2) is 13.8 Å². The Morgan fingerprint density at radius 1 is 1.26 bits per heavy atom. The lowest BCUT2D eigenvalue weighted by Crippen LogP contribution is -2.39. The summed E-state index contributed by atoms with van der Waals surface area (Å²) in [7, 11) is 0. The van der Waals surface area contributed by atoms with Crippen LogP contribution in [-0.4, -0.2) is 21.7 Å². The van der Waals surface area contributed by atoms with E-state index >= 15 is 0 Å². The van der Waals surface area contributed by atoms with E-state index in [0.29, 0.717) is 11.3 Å². The predicted molar refractivity (Wildman–Crippen MR) is 66.6 cm³/mol. The Balaban J connectivity index is 1.94. The number of nitrogens with one attached hydrogen (secondary N) is 1. The van der Waals surface area contributed by atoms with Gasteiger partial charge in [-0.05, 0) is 31.0 Å². The van der Waals surface area contributed by atoms with Crippen molar-refractivity contribution < 1.29 is 13.9 Å². The molecule has 1 heterocycles. The average molecular weight is 264 g/mol. The number of hydrogen-bond acceptors (Lipinski definition) is 2. The SMILES string of the molecule is OCC1(c2ncc(-c3ccc(F)c(F)c3)[nH]2)CCC1. The minimum absolute atomic E-state index is 0.0533. The lowest BCUT2D eigenvalue weighted by atomic mass is 9.69. The molecule has 1 saturated carbocycles. The molecule has 0 unspecified atom stereocenters. The Kier molecular flexibility index (Phi) is 2.86. The Morgan fingerprint density at radius 2 is 2.05 bits per heavy atom. The molecule has 0 spiro atoms. The highest BCUT2D eigenvalue weighted by Gasteiger charge is 2.40. The fourth-order valence-electron chi connectivity index (χ4n) is 2.47. The van der Waals surface area contributed by atoms with Crippen molar-refractivity contribution in [3.63, 3.8) is 0 Å². The van der Waals surface area contributed by atoms with Gasteiger partial charge in [0.1, 0.15) is 5.82 Å². The van der Waals surface area contributed by atoms with E-state index in [4.69, 9.17) is 0 Å². The molecule has 1 aromatic carbocycles. The number of aliphatic hydroxyl groups is 1. The molecule has 0 saturated heterocycles. The minimum atomic E-state index is -0.880. The fourth-order valence-corrected chi connectivity index (χ4v) is 2.47. The molecule has 1 aliphatic carbocycles. The van der Waals surface area contributed by atoms with Gasteiger partial charge in [0.25, 0.3) is 0 Å². The highest BCUT2D eigenvalue weighted by Crippen LogP contribution is 2.42. The van der Waals surface area contributed by atoms with Gasteiger partial charge in [-0.2, -0.15) is 0 Å². The molecule has 3 nitrogen and oxygen atoms in total. The lowest BCUT2D eigenvalue weighted by Gasteiger charge is -2.38. The van der Waals surface area contributed by atoms with Gasteiger partial charge in [-0.15, -0.1) is 0 Å². The van der Waals surface area contributed by atoms with Crippen LogP contribution in [-0.2, 0) is 5.41 Å². The summed E-state index contributed by atoms with van der Waals surface area (Å²) >= 11 is 0. The summed E-state index contributed by atoms with van der Waals surface area (Å²) in [6.45, 7) is 0.0533. The normalized spacial score (nSPS) is 17.2. The molecule has 1 aliphatic rings. The molecule has 0 bridgehead atoms. The highest BCUT2D eigenvalue weighted by molar-refractivity contribution is 5.58. The van der Waals surface area contributed by atoms with Gasteiger partial charge in [0.15, 0.2) is 11.6 Å². The van der Waals surface area contributed by atoms with Crippen LogP contribution in [0.5, 0.6) is 0 Å². The minimum Gasteiger partial charge on any atom is -0.395 e. The van der Waals surface area contributed by atoms with Crippen molar-refractivity contribution in [3.05, 3.63) is 41.9 Å². The summed E-state index contributed by atoms with van der Waals surface area (Å²) in [6, 6.07) is 3.73. The first-order valence-corrected chi connectivity index (χ1v) is 6.26. The van der Waals surface area contributed by atoms with Gasteiger partial charge in [0.05, 0.1) is 23.9 Å². The third-order valence-electron chi connectivity index (χ3n) is 3.92. The Hall–Kier alpha value is -1.75. The molecule has 5 heteroatoms. The number of nitrogens with zero attached hydrogens (tertiary/aromatic N) is 1. The van der Waals surface area contributed by atoms with Gasteiger partial charge in [0.2, 0.25) is 0 Å². The van der Waals surface area contributed by atoms with Crippen molar-refractivity contribution >= 4 is 0 Å². The van der Waals surface area contributed by atoms with E-state index < -0.39 is 11.6 Å². The van der Waals surface area contributed by atoms with Crippen molar-refractivity contribution in [3.8, 4) is 11.3 Å². The first-order chi connectivity index (χ1) is 9.14. The van der Waals surface area contributed by atoms with Crippen LogP contribution in [0.25, 0.3) is 11.3 Å². The van der Waals surface area contributed by atoms with E-state index in [9.17, 15) is 13.9 Å². The maximum atomic E-state index is 13.2. The summed E-state index contributed by atoms with van der Waals surface area (Å²) < 4.78 is 26.1. The number of hydrogen-bond donors (Lipinski definition) is 2. The number of imidazole rings is 1. The van der Waals surface area contributed by atoms with Crippen LogP contribution in [0, 0.1) is 11.6 Å². The lowest BCUT2D eigenvalue weighted by molar-refractivity contribution is 0.113. The van der Waals surface area contributed by atoms with Gasteiger partial charge < -0.3 is 10.1 Å². The number of aromatic nitrogens is 2. The molecular formula is C14H14F2N2O. The van der Waals surface area contributed by atoms with Crippen molar-refractivity contribution in [2.24, 2.45) is 0 Å². The van der Waals surface area contributed by atoms with Crippen LogP contribution in [0.4, 0.5) is 8.78 Å². The van der Waals surface area contributed by atoms with Crippen LogP contribution in [0.3, 0.4) is 0 Å². The first kappa shape index (κ1) is 12.3. The maximum absolute atomic E-state index is 13.2. The van der Waals surface area contributed by atoms with E-state index in [1.54, 1.807) is 6.20 Å². The monoisotopic (exact) mass is 264 g/mol. The van der Waals surface area contributed by atoms with Crippen molar-refractivity contribution in [1.29, 1.82) is 0 Å². The standard InChI is InChI=1S/C14H14F2N2O/c15-10-3-2-9(6-11(10)16)12-7-17-13(18-12)14(8-19)4-1-5-14/h2-3,6-7,19H,1,4-5,8H2,(H,17,18). The second-order valence-corrected chi connectivity index (χ2v) is 5.07. The van der Waals surface area contributed by atoms with Crippen LogP contribution < -0.4 is 0 Å². The number of aliphatic hydroxyl groups excluding tert-OH is 1. The largest absolute Gasteiger partial charge is 0.395 e. The summed E-state index contributed by atoms with van der Waals surface area (Å²) in [4.78, 5) is 7.39. The molecule has 19 heavy (non-hydrogen) atoms. The number of rotatable bonds is 3. The highest BCUT2D eigenvalue weighted by atomic mass is 19.2. The fraction of sp³-hybridized carbons (Fsp3) is 0.357. The van der Waals surface area contributed by atoms with E-state index in [2.05, 4.69) is 9.97 Å². The number of H-pyrrole nitrogens is 1. The quantitative estimate of drug-likeness (QED) is 0.895. The van der Waals surface area contributed by atoms with Crippen LogP contribution in [0.2, 0.25) is 0 Å². The smallest absolute Gasteiger partial charge is 0.159 e. The molecular weight excluding hydrogens is 250 g/mol. The summed E-state index contributed by atoms with van der Waals surface area (Å²) in [5, 5.41) is 9.48. The zero-order chi connectivity index (χ0) is 13.5. The topological polar surface area (TPSA) is 48.9 Å². The van der Waals surface area contributed by atoms with Crippen molar-refractivity contribution in [2.45, 2.75) is 24.7 Å². The van der Waals surface area contributed by atoms with E-state index in [0.717, 1.165) is 37.2 Å². The van der Waals surface area contributed by atoms with E-state index in [1.807, 2.05) is 0 Å². The Morgan fingerprint density at radius 3 is 2.63 bits per heavy atom. The number of halogens is 2. The molecule has 0 amide bonds. The zero-order valence-electron chi connectivity index (χ0n) is 10.3. The number of aromatic amines is 1. The molecule has 0 radical (unpaired) electrons. The molecule has 1 fully saturated rings. The maximum Gasteiger partial charge on any atom is 0.159 e. The van der Waals surface area contributed by atoms with Crippen molar-refractivity contribution in [2.75, 3.05) is 6.61 Å². The Labute approximate surface area is 109 Å². The van der Waals surface area contributed by atoms with E-state index in [1.165, 1.54) is 6.07 Å². The van der Waals surface area contributed by atoms with Gasteiger partial charge in [0, 0.05) is 5.56 Å². The third-order valence-corrected chi connectivity index (χ3v) is 3.92. The molecule has 3 rings (SSSR count). The molecule has 0 aliphatic heterocycles. The summed E-state index contributed by atoms with van der Waals surface area (Å²) in [5.74, 6) is -1.02. The third kappa shape index (κ3) is 1.94. The van der Waals surface area contributed by atoms with Gasteiger partial charge >= 0.3 is 0 Å². The zero-order valence-corrected chi connectivity index (χ0v) is 10.3. The van der Waals surface area contributed by atoms with Gasteiger partial charge in [-0.3, -0.25) is 0 Å². The molecule has 1 aromatic heterocycles. The van der Waals surface area contributed by atoms with E-state index in [-0.39, 0.29) is 12.0 Å². The predicted octanol–water partition coefficient (Wildman–Crippen LogP) is 2.77. The first-order valence-electron chi connectivity index (χ1n) is 6.26. The average Bonchev–Trinajstić information content (AvgIpc) is 2.82. The second kappa shape index (κ2) is 4.42. The molecule has 100 valence electrons. The number of benzene rings is 1. The van der Waals surface area contributed by atoms with Crippen molar-refractivity contribution in [1.82, 2.24) is 9.97 Å². The summed E-state index contributed by atoms with van der Waals surface area (Å²) in [6.07, 6.45) is 4.46. The van der Waals surface area contributed by atoms with Gasteiger partial charge in [-0.1, -0.05) is 6.42 Å².